The molecule has 176 valence electrons. The van der Waals surface area contributed by atoms with Crippen LogP contribution in [-0.4, -0.2) is 40.7 Å². The van der Waals surface area contributed by atoms with E-state index in [1.165, 1.54) is 25.7 Å². The molecule has 1 fully saturated rings. The van der Waals surface area contributed by atoms with Crippen molar-refractivity contribution in [3.8, 4) is 16.9 Å². The highest BCUT2D eigenvalue weighted by Crippen LogP contribution is 2.34. The molecular formula is C23H25F2N3O4S. The van der Waals surface area contributed by atoms with Crippen molar-refractivity contribution in [2.45, 2.75) is 30.8 Å². The molecular weight excluding hydrogens is 452 g/mol. The number of furan rings is 1. The molecule has 0 aliphatic carbocycles. The molecule has 2 heterocycles. The molecule has 4 rings (SSSR count). The lowest BCUT2D eigenvalue weighted by Crippen LogP contribution is -2.54. The SMILES string of the molecule is COc1ccc(N2C[C@@H](C)N[C@@H](C)C2)cc1NS(=O)(=O)c1cc(F)c(-c2ccoc2)cc1F. The van der Waals surface area contributed by atoms with E-state index in [0.717, 1.165) is 24.8 Å². The van der Waals surface area contributed by atoms with Gasteiger partial charge in [0.15, 0.2) is 0 Å². The molecule has 2 atom stereocenters. The molecule has 0 unspecified atom stereocenters. The number of benzene rings is 2. The maximum atomic E-state index is 14.8. The first kappa shape index (κ1) is 23.1. The molecule has 0 amide bonds. The minimum atomic E-state index is -4.45. The Hall–Kier alpha value is -3.11. The van der Waals surface area contributed by atoms with Gasteiger partial charge in [0.2, 0.25) is 0 Å². The lowest BCUT2D eigenvalue weighted by molar-refractivity contribution is 0.406. The fraction of sp³-hybridized carbons (Fsp3) is 0.304. The summed E-state index contributed by atoms with van der Waals surface area (Å²) in [6, 6.07) is 8.57. The van der Waals surface area contributed by atoms with Crippen LogP contribution in [0.5, 0.6) is 5.75 Å². The van der Waals surface area contributed by atoms with Gasteiger partial charge in [0, 0.05) is 42.0 Å². The summed E-state index contributed by atoms with van der Waals surface area (Å²) in [6.07, 6.45) is 2.57. The molecule has 10 heteroatoms. The summed E-state index contributed by atoms with van der Waals surface area (Å²) in [5, 5.41) is 3.44. The Kier molecular flexibility index (Phi) is 6.31. The Morgan fingerprint density at radius 2 is 1.82 bits per heavy atom. The van der Waals surface area contributed by atoms with Crippen molar-refractivity contribution in [1.29, 1.82) is 0 Å². The van der Waals surface area contributed by atoms with Crippen molar-refractivity contribution in [2.75, 3.05) is 29.8 Å². The van der Waals surface area contributed by atoms with Gasteiger partial charge in [0.05, 0.1) is 25.3 Å². The second-order valence-corrected chi connectivity index (χ2v) is 9.79. The van der Waals surface area contributed by atoms with Gasteiger partial charge in [0.25, 0.3) is 10.0 Å². The zero-order valence-corrected chi connectivity index (χ0v) is 19.2. The van der Waals surface area contributed by atoms with E-state index in [1.54, 1.807) is 12.1 Å². The molecule has 2 N–H and O–H groups in total. The Labute approximate surface area is 191 Å². The first-order chi connectivity index (χ1) is 15.7. The number of hydrogen-bond donors (Lipinski definition) is 2. The molecule has 1 aromatic heterocycles. The number of ether oxygens (including phenoxy) is 1. The molecule has 1 saturated heterocycles. The fourth-order valence-electron chi connectivity index (χ4n) is 4.08. The predicted octanol–water partition coefficient (Wildman–Crippen LogP) is 4.22. The van der Waals surface area contributed by atoms with Gasteiger partial charge in [-0.05, 0) is 50.2 Å². The summed E-state index contributed by atoms with van der Waals surface area (Å²) >= 11 is 0. The standard InChI is InChI=1S/C23H25F2N3O4S/c1-14-11-28(12-15(2)26-14)17-4-5-22(31-3)21(8-17)27-33(29,30)23-10-19(24)18(9-20(23)25)16-6-7-32-13-16/h4-10,13-15,26-27H,11-12H2,1-3H3/t14-,15+. The monoisotopic (exact) mass is 477 g/mol. The molecule has 0 spiro atoms. The highest BCUT2D eigenvalue weighted by atomic mass is 32.2. The molecule has 33 heavy (non-hydrogen) atoms. The third-order valence-corrected chi connectivity index (χ3v) is 6.87. The van der Waals surface area contributed by atoms with Crippen LogP contribution in [0.15, 0.2) is 58.2 Å². The highest BCUT2D eigenvalue weighted by molar-refractivity contribution is 7.92. The maximum Gasteiger partial charge on any atom is 0.265 e. The number of halogens is 2. The van der Waals surface area contributed by atoms with Crippen molar-refractivity contribution in [3.05, 3.63) is 60.6 Å². The van der Waals surface area contributed by atoms with Crippen molar-refractivity contribution >= 4 is 21.4 Å². The van der Waals surface area contributed by atoms with E-state index in [-0.39, 0.29) is 29.1 Å². The summed E-state index contributed by atoms with van der Waals surface area (Å²) < 4.78 is 68.0. The van der Waals surface area contributed by atoms with E-state index >= 15 is 0 Å². The lowest BCUT2D eigenvalue weighted by Gasteiger charge is -2.38. The third-order valence-electron chi connectivity index (χ3n) is 5.49. The van der Waals surface area contributed by atoms with Crippen LogP contribution in [0.1, 0.15) is 13.8 Å². The Morgan fingerprint density at radius 1 is 1.09 bits per heavy atom. The van der Waals surface area contributed by atoms with Crippen LogP contribution in [0.3, 0.4) is 0 Å². The van der Waals surface area contributed by atoms with Crippen LogP contribution in [0.2, 0.25) is 0 Å². The largest absolute Gasteiger partial charge is 0.495 e. The van der Waals surface area contributed by atoms with Crippen molar-refractivity contribution in [3.63, 3.8) is 0 Å². The van der Waals surface area contributed by atoms with Crippen molar-refractivity contribution in [1.82, 2.24) is 5.32 Å². The molecule has 0 radical (unpaired) electrons. The number of anilines is 2. The van der Waals surface area contributed by atoms with Crippen molar-refractivity contribution in [2.24, 2.45) is 0 Å². The lowest BCUT2D eigenvalue weighted by atomic mass is 10.1. The number of nitrogens with zero attached hydrogens (tertiary/aromatic N) is 1. The van der Waals surface area contributed by atoms with Crippen LogP contribution in [0.4, 0.5) is 20.2 Å². The Balaban J connectivity index is 1.67. The van der Waals surface area contributed by atoms with E-state index in [1.807, 2.05) is 6.07 Å². The Bertz CT molecular complexity index is 1240. The fourth-order valence-corrected chi connectivity index (χ4v) is 5.22. The number of piperazine rings is 1. The van der Waals surface area contributed by atoms with Crippen LogP contribution in [0, 0.1) is 11.6 Å². The highest BCUT2D eigenvalue weighted by Gasteiger charge is 2.26. The molecule has 7 nitrogen and oxygen atoms in total. The van der Waals surface area contributed by atoms with Gasteiger partial charge in [-0.2, -0.15) is 0 Å². The molecule has 1 aliphatic heterocycles. The zero-order valence-electron chi connectivity index (χ0n) is 18.4. The second-order valence-electron chi connectivity index (χ2n) is 8.14. The van der Waals surface area contributed by atoms with Gasteiger partial charge in [-0.3, -0.25) is 4.72 Å². The molecule has 3 aromatic rings. The first-order valence-electron chi connectivity index (χ1n) is 10.4. The number of hydrogen-bond acceptors (Lipinski definition) is 6. The number of rotatable bonds is 6. The average Bonchev–Trinajstić information content (AvgIpc) is 3.28. The topological polar surface area (TPSA) is 83.8 Å². The van der Waals surface area contributed by atoms with Gasteiger partial charge in [-0.25, -0.2) is 17.2 Å². The minimum absolute atomic E-state index is 0.0956. The first-order valence-corrected chi connectivity index (χ1v) is 11.9. The molecule has 0 bridgehead atoms. The van der Waals surface area contributed by atoms with E-state index in [2.05, 4.69) is 28.8 Å². The molecule has 2 aromatic carbocycles. The van der Waals surface area contributed by atoms with Gasteiger partial charge in [-0.15, -0.1) is 0 Å². The quantitative estimate of drug-likeness (QED) is 0.553. The van der Waals surface area contributed by atoms with Crippen molar-refractivity contribution < 1.29 is 26.4 Å². The third kappa shape index (κ3) is 4.81. The van der Waals surface area contributed by atoms with E-state index in [4.69, 9.17) is 9.15 Å². The maximum absolute atomic E-state index is 14.8. The summed E-state index contributed by atoms with van der Waals surface area (Å²) in [5.74, 6) is -1.71. The summed E-state index contributed by atoms with van der Waals surface area (Å²) in [6.45, 7) is 5.61. The Morgan fingerprint density at radius 3 is 2.45 bits per heavy atom. The van der Waals surface area contributed by atoms with Gasteiger partial charge >= 0.3 is 0 Å². The second kappa shape index (κ2) is 9.03. The van der Waals surface area contributed by atoms with Crippen LogP contribution in [-0.2, 0) is 10.0 Å². The molecule has 1 aliphatic rings. The smallest absolute Gasteiger partial charge is 0.265 e. The molecule has 0 saturated carbocycles. The van der Waals surface area contributed by atoms with E-state index in [0.29, 0.717) is 11.6 Å². The van der Waals surface area contributed by atoms with E-state index < -0.39 is 26.6 Å². The minimum Gasteiger partial charge on any atom is -0.495 e. The number of nitrogens with one attached hydrogen (secondary N) is 2. The van der Waals surface area contributed by atoms with Crippen LogP contribution in [0.25, 0.3) is 11.1 Å². The number of methoxy groups -OCH3 is 1. The van der Waals surface area contributed by atoms with Gasteiger partial charge in [0.1, 0.15) is 22.3 Å². The van der Waals surface area contributed by atoms with Gasteiger partial charge < -0.3 is 19.4 Å². The number of sulfonamides is 1. The zero-order chi connectivity index (χ0) is 23.8. The van der Waals surface area contributed by atoms with Crippen LogP contribution >= 0.6 is 0 Å². The average molecular weight is 478 g/mol. The van der Waals surface area contributed by atoms with Crippen LogP contribution < -0.4 is 19.7 Å². The normalized spacial score (nSPS) is 18.9. The predicted molar refractivity (Wildman–Crippen MR) is 122 cm³/mol. The summed E-state index contributed by atoms with van der Waals surface area (Å²) in [5.41, 5.74) is 1.13. The summed E-state index contributed by atoms with van der Waals surface area (Å²) in [4.78, 5) is 1.33. The van der Waals surface area contributed by atoms with E-state index in [9.17, 15) is 17.2 Å². The van der Waals surface area contributed by atoms with Gasteiger partial charge in [-0.1, -0.05) is 0 Å². The summed E-state index contributed by atoms with van der Waals surface area (Å²) in [7, 11) is -3.05.